The third kappa shape index (κ3) is 5.77. The summed E-state index contributed by atoms with van der Waals surface area (Å²) in [6.07, 6.45) is 1.51. The molecule has 9 rings (SSSR count). The van der Waals surface area contributed by atoms with Crippen LogP contribution >= 0.6 is 0 Å². The minimum atomic E-state index is -0.326. The van der Waals surface area contributed by atoms with Crippen molar-refractivity contribution in [3.63, 3.8) is 0 Å². The fourth-order valence-corrected chi connectivity index (χ4v) is 7.18. The molecule has 0 N–H and O–H groups in total. The number of rotatable bonds is 6. The molecule has 8 aromatic rings. The van der Waals surface area contributed by atoms with E-state index < -0.39 is 0 Å². The Morgan fingerprint density at radius 1 is 0.471 bits per heavy atom. The highest BCUT2D eigenvalue weighted by atomic mass is 15.3. The third-order valence-corrected chi connectivity index (χ3v) is 9.74. The van der Waals surface area contributed by atoms with Gasteiger partial charge < -0.3 is 4.90 Å². The zero-order valence-electron chi connectivity index (χ0n) is 28.2. The minimum Gasteiger partial charge on any atom is -0.333 e. The summed E-state index contributed by atoms with van der Waals surface area (Å²) in [4.78, 5) is 17.6. The van der Waals surface area contributed by atoms with E-state index in [0.29, 0.717) is 0 Å². The Hall–Kier alpha value is -6.65. The van der Waals surface area contributed by atoms with Crippen molar-refractivity contribution < 1.29 is 0 Å². The Morgan fingerprint density at radius 2 is 1.06 bits per heavy atom. The molecular formula is C47H34N4. The van der Waals surface area contributed by atoms with Crippen molar-refractivity contribution in [2.24, 2.45) is 9.98 Å². The van der Waals surface area contributed by atoms with Crippen molar-refractivity contribution in [3.8, 4) is 33.5 Å². The van der Waals surface area contributed by atoms with Gasteiger partial charge in [-0.1, -0.05) is 140 Å². The second kappa shape index (κ2) is 13.0. The molecule has 0 saturated heterocycles. The normalized spacial score (nSPS) is 14.4. The average molecular weight is 655 g/mol. The van der Waals surface area contributed by atoms with Crippen LogP contribution in [-0.2, 0) is 0 Å². The van der Waals surface area contributed by atoms with Crippen LogP contribution in [0.5, 0.6) is 0 Å². The Balaban J connectivity index is 1.24. The van der Waals surface area contributed by atoms with Crippen molar-refractivity contribution >= 4 is 33.2 Å². The maximum absolute atomic E-state index is 5.51. The summed E-state index contributed by atoms with van der Waals surface area (Å²) in [6, 6.07) is 62.0. The SMILES string of the molecule is CN1C(c2ccccc2)=NC(c2cc3ccccc3c3ccccc23)=NC1c1cc(-c2ccccc2)cc(-c2ccc(-c3ccccn3)cc2)c1. The van der Waals surface area contributed by atoms with Crippen molar-refractivity contribution in [1.29, 1.82) is 0 Å². The summed E-state index contributed by atoms with van der Waals surface area (Å²) < 4.78 is 0. The average Bonchev–Trinajstić information content (AvgIpc) is 3.21. The van der Waals surface area contributed by atoms with E-state index >= 15 is 0 Å². The fraction of sp³-hybridized carbons (Fsp3) is 0.0426. The van der Waals surface area contributed by atoms with Crippen LogP contribution in [0.25, 0.3) is 55.1 Å². The lowest BCUT2D eigenvalue weighted by atomic mass is 9.93. The predicted molar refractivity (Wildman–Crippen MR) is 212 cm³/mol. The minimum absolute atomic E-state index is 0.326. The molecule has 0 bridgehead atoms. The van der Waals surface area contributed by atoms with Crippen LogP contribution in [-0.4, -0.2) is 28.6 Å². The number of nitrogens with zero attached hydrogens (tertiary/aromatic N) is 4. The molecule has 51 heavy (non-hydrogen) atoms. The third-order valence-electron chi connectivity index (χ3n) is 9.74. The zero-order valence-corrected chi connectivity index (χ0v) is 28.2. The van der Waals surface area contributed by atoms with E-state index in [1.807, 2.05) is 30.5 Å². The summed E-state index contributed by atoms with van der Waals surface area (Å²) in [5.41, 5.74) is 9.78. The molecule has 0 fully saturated rings. The first-order chi connectivity index (χ1) is 25.2. The van der Waals surface area contributed by atoms with E-state index in [2.05, 4.69) is 169 Å². The molecule has 1 aromatic heterocycles. The van der Waals surface area contributed by atoms with Gasteiger partial charge in [0.15, 0.2) is 12.0 Å². The van der Waals surface area contributed by atoms with E-state index in [4.69, 9.17) is 9.98 Å². The fourth-order valence-electron chi connectivity index (χ4n) is 7.18. The molecule has 2 heterocycles. The van der Waals surface area contributed by atoms with Crippen LogP contribution in [0.4, 0.5) is 0 Å². The highest BCUT2D eigenvalue weighted by Crippen LogP contribution is 2.37. The van der Waals surface area contributed by atoms with Gasteiger partial charge in [-0.05, 0) is 85.8 Å². The molecule has 4 heteroatoms. The van der Waals surface area contributed by atoms with Gasteiger partial charge in [-0.15, -0.1) is 0 Å². The number of benzene rings is 7. The summed E-state index contributed by atoms with van der Waals surface area (Å²) in [5.74, 6) is 1.61. The summed E-state index contributed by atoms with van der Waals surface area (Å²) >= 11 is 0. The molecule has 7 aromatic carbocycles. The maximum atomic E-state index is 5.51. The van der Waals surface area contributed by atoms with Crippen LogP contribution in [0.1, 0.15) is 22.9 Å². The van der Waals surface area contributed by atoms with Crippen LogP contribution in [0.3, 0.4) is 0 Å². The van der Waals surface area contributed by atoms with Gasteiger partial charge >= 0.3 is 0 Å². The standard InChI is InChI=1S/C47H34N4/c1-51-46(35-16-6-3-7-17-35)49-45(43-31-36-18-8-9-19-40(36)41-20-10-11-21-42(41)43)50-47(51)39-29-37(32-14-4-2-5-15-32)28-38(30-39)33-23-25-34(26-24-33)44-22-12-13-27-48-44/h2-31,47H,1H3. The van der Waals surface area contributed by atoms with E-state index in [-0.39, 0.29) is 6.17 Å². The molecule has 0 radical (unpaired) electrons. The van der Waals surface area contributed by atoms with Gasteiger partial charge in [0.2, 0.25) is 0 Å². The number of amidine groups is 2. The smallest absolute Gasteiger partial charge is 0.160 e. The van der Waals surface area contributed by atoms with E-state index in [1.165, 1.54) is 16.2 Å². The Labute approximate surface area is 297 Å². The highest BCUT2D eigenvalue weighted by molar-refractivity contribution is 6.22. The van der Waals surface area contributed by atoms with Gasteiger partial charge in [0.25, 0.3) is 0 Å². The summed E-state index contributed by atoms with van der Waals surface area (Å²) in [6.45, 7) is 0. The van der Waals surface area contributed by atoms with Gasteiger partial charge in [0, 0.05) is 29.9 Å². The van der Waals surface area contributed by atoms with Crippen LogP contribution in [0.15, 0.2) is 192 Å². The molecule has 1 unspecified atom stereocenters. The number of aliphatic imine (C=N–C) groups is 2. The molecule has 0 saturated carbocycles. The first-order valence-corrected chi connectivity index (χ1v) is 17.3. The molecule has 1 aliphatic heterocycles. The Kier molecular flexibility index (Phi) is 7.75. The molecule has 1 atom stereocenters. The Morgan fingerprint density at radius 3 is 1.76 bits per heavy atom. The van der Waals surface area contributed by atoms with Gasteiger partial charge in [-0.2, -0.15) is 0 Å². The molecule has 4 nitrogen and oxygen atoms in total. The number of hydrogen-bond acceptors (Lipinski definition) is 4. The van der Waals surface area contributed by atoms with Crippen LogP contribution in [0, 0.1) is 0 Å². The van der Waals surface area contributed by atoms with Gasteiger partial charge in [-0.25, -0.2) is 9.98 Å². The molecular weight excluding hydrogens is 621 g/mol. The predicted octanol–water partition coefficient (Wildman–Crippen LogP) is 11.2. The molecule has 0 amide bonds. The van der Waals surface area contributed by atoms with E-state index in [0.717, 1.165) is 67.3 Å². The lowest BCUT2D eigenvalue weighted by Gasteiger charge is -2.33. The number of hydrogen-bond donors (Lipinski definition) is 0. The van der Waals surface area contributed by atoms with Crippen molar-refractivity contribution in [2.45, 2.75) is 6.17 Å². The quantitative estimate of drug-likeness (QED) is 0.167. The number of pyridine rings is 1. The van der Waals surface area contributed by atoms with Gasteiger partial charge in [0.1, 0.15) is 5.84 Å². The first-order valence-electron chi connectivity index (χ1n) is 17.3. The highest BCUT2D eigenvalue weighted by Gasteiger charge is 2.28. The largest absolute Gasteiger partial charge is 0.333 e. The second-order valence-electron chi connectivity index (χ2n) is 12.9. The van der Waals surface area contributed by atoms with Gasteiger partial charge in [-0.3, -0.25) is 4.98 Å². The molecule has 1 aliphatic rings. The molecule has 0 spiro atoms. The summed E-state index contributed by atoms with van der Waals surface area (Å²) in [7, 11) is 2.10. The lowest BCUT2D eigenvalue weighted by molar-refractivity contribution is 0.383. The van der Waals surface area contributed by atoms with Gasteiger partial charge in [0.05, 0.1) is 5.69 Å². The number of aromatic nitrogens is 1. The number of fused-ring (bicyclic) bond motifs is 3. The Bertz CT molecular complexity index is 2580. The van der Waals surface area contributed by atoms with E-state index in [9.17, 15) is 0 Å². The van der Waals surface area contributed by atoms with Crippen molar-refractivity contribution in [2.75, 3.05) is 7.05 Å². The lowest BCUT2D eigenvalue weighted by Crippen LogP contribution is -2.35. The zero-order chi connectivity index (χ0) is 34.1. The van der Waals surface area contributed by atoms with Crippen LogP contribution in [0.2, 0.25) is 0 Å². The first kappa shape index (κ1) is 30.4. The second-order valence-corrected chi connectivity index (χ2v) is 12.9. The monoisotopic (exact) mass is 654 g/mol. The maximum Gasteiger partial charge on any atom is 0.160 e. The topological polar surface area (TPSA) is 40.9 Å². The molecule has 242 valence electrons. The van der Waals surface area contributed by atoms with Crippen LogP contribution < -0.4 is 0 Å². The summed E-state index contributed by atoms with van der Waals surface area (Å²) in [5, 5.41) is 4.73. The molecule has 0 aliphatic carbocycles. The van der Waals surface area contributed by atoms with Crippen molar-refractivity contribution in [1.82, 2.24) is 9.88 Å². The van der Waals surface area contributed by atoms with E-state index in [1.54, 1.807) is 0 Å². The van der Waals surface area contributed by atoms with Crippen molar-refractivity contribution in [3.05, 3.63) is 199 Å².